The lowest BCUT2D eigenvalue weighted by molar-refractivity contribution is -0.0395. The first-order valence-electron chi connectivity index (χ1n) is 10.9. The monoisotopic (exact) mass is 523 g/mol. The Balaban J connectivity index is 1.73. The molecule has 2 aromatic heterocycles. The van der Waals surface area contributed by atoms with Crippen LogP contribution in [-0.4, -0.2) is 47.9 Å². The Bertz CT molecular complexity index is 988. The standard InChI is InChI=1S/C23H33BrN4O3S/c1-16-17(11-19(15-26-16)32(29)30)13-23(4)8-5-7-22(2,3)28(23)9-6-10-31-21-20(25)12-18(24)14-27-21/h11-12,14-15H,5-10,13,25H2,1-4H3,(H,29,30)/p-1. The molecule has 0 spiro atoms. The first-order chi connectivity index (χ1) is 15.0. The highest BCUT2D eigenvalue weighted by molar-refractivity contribution is 9.10. The fourth-order valence-corrected chi connectivity index (χ4v) is 5.58. The van der Waals surface area contributed by atoms with E-state index in [1.165, 1.54) is 6.20 Å². The Labute approximate surface area is 201 Å². The van der Waals surface area contributed by atoms with Gasteiger partial charge >= 0.3 is 0 Å². The minimum Gasteiger partial charge on any atom is -0.768 e. The van der Waals surface area contributed by atoms with E-state index in [0.29, 0.717) is 18.2 Å². The molecule has 2 unspecified atom stereocenters. The van der Waals surface area contributed by atoms with Crippen molar-refractivity contribution in [3.05, 3.63) is 40.3 Å². The van der Waals surface area contributed by atoms with Crippen LogP contribution in [0.15, 0.2) is 33.9 Å². The molecule has 32 heavy (non-hydrogen) atoms. The molecule has 9 heteroatoms. The van der Waals surface area contributed by atoms with Crippen molar-refractivity contribution in [2.75, 3.05) is 18.9 Å². The number of rotatable bonds is 8. The number of halogens is 1. The molecule has 1 fully saturated rings. The first kappa shape index (κ1) is 25.1. The number of nitrogens with two attached hydrogens (primary N) is 1. The molecule has 3 heterocycles. The third kappa shape index (κ3) is 5.87. The second-order valence-corrected chi connectivity index (χ2v) is 11.2. The van der Waals surface area contributed by atoms with E-state index < -0.39 is 11.1 Å². The molecular weight excluding hydrogens is 492 g/mol. The van der Waals surface area contributed by atoms with Crippen LogP contribution in [0.5, 0.6) is 5.88 Å². The zero-order chi connectivity index (χ0) is 23.5. The summed E-state index contributed by atoms with van der Waals surface area (Å²) in [4.78, 5) is 11.4. The highest BCUT2D eigenvalue weighted by Gasteiger charge is 2.43. The van der Waals surface area contributed by atoms with Crippen molar-refractivity contribution in [3.63, 3.8) is 0 Å². The van der Waals surface area contributed by atoms with Gasteiger partial charge in [-0.2, -0.15) is 0 Å². The quantitative estimate of drug-likeness (QED) is 0.403. The van der Waals surface area contributed by atoms with Crippen molar-refractivity contribution in [3.8, 4) is 5.88 Å². The molecule has 0 radical (unpaired) electrons. The Morgan fingerprint density at radius 3 is 2.69 bits per heavy atom. The maximum Gasteiger partial charge on any atom is 0.237 e. The molecule has 7 nitrogen and oxygen atoms in total. The Kier molecular flexibility index (Phi) is 7.96. The van der Waals surface area contributed by atoms with Crippen LogP contribution in [0.1, 0.15) is 57.7 Å². The number of piperidine rings is 1. The molecule has 0 bridgehead atoms. The van der Waals surface area contributed by atoms with E-state index in [1.807, 2.05) is 6.92 Å². The molecule has 2 atom stereocenters. The van der Waals surface area contributed by atoms with E-state index in [2.05, 4.69) is 51.6 Å². The molecule has 176 valence electrons. The van der Waals surface area contributed by atoms with Gasteiger partial charge in [-0.15, -0.1) is 0 Å². The van der Waals surface area contributed by atoms with Crippen LogP contribution < -0.4 is 10.5 Å². The highest BCUT2D eigenvalue weighted by Crippen LogP contribution is 2.41. The number of likely N-dealkylation sites (tertiary alicyclic amines) is 1. The lowest BCUT2D eigenvalue weighted by atomic mass is 9.75. The topological polar surface area (TPSA) is 104 Å². The summed E-state index contributed by atoms with van der Waals surface area (Å²) in [5, 5.41) is 0. The maximum absolute atomic E-state index is 11.5. The normalized spacial score (nSPS) is 21.9. The summed E-state index contributed by atoms with van der Waals surface area (Å²) in [6, 6.07) is 3.55. The number of nitrogen functional groups attached to an aromatic ring is 1. The summed E-state index contributed by atoms with van der Waals surface area (Å²) in [6.45, 7) is 10.2. The number of anilines is 1. The third-order valence-electron chi connectivity index (χ3n) is 6.43. The van der Waals surface area contributed by atoms with Crippen LogP contribution in [-0.2, 0) is 17.5 Å². The van der Waals surface area contributed by atoms with Crippen molar-refractivity contribution >= 4 is 32.7 Å². The number of hydrogen-bond donors (Lipinski definition) is 1. The van der Waals surface area contributed by atoms with E-state index in [9.17, 15) is 8.76 Å². The predicted octanol–water partition coefficient (Wildman–Crippen LogP) is 4.40. The van der Waals surface area contributed by atoms with Crippen LogP contribution >= 0.6 is 15.9 Å². The average molecular weight is 525 g/mol. The van der Waals surface area contributed by atoms with Gasteiger partial charge in [0, 0.05) is 45.1 Å². The summed E-state index contributed by atoms with van der Waals surface area (Å²) in [5.41, 5.74) is 8.29. The number of pyridine rings is 2. The van der Waals surface area contributed by atoms with Gasteiger partial charge in [0.2, 0.25) is 5.88 Å². The predicted molar refractivity (Wildman–Crippen MR) is 129 cm³/mol. The minimum atomic E-state index is -2.28. The largest absolute Gasteiger partial charge is 0.768 e. The molecule has 1 aliphatic rings. The first-order valence-corrected chi connectivity index (χ1v) is 12.7. The number of aromatic nitrogens is 2. The number of aryl methyl sites for hydroxylation is 1. The van der Waals surface area contributed by atoms with Crippen LogP contribution in [0, 0.1) is 6.92 Å². The lowest BCUT2D eigenvalue weighted by Gasteiger charge is -2.55. The highest BCUT2D eigenvalue weighted by atomic mass is 79.9. The summed E-state index contributed by atoms with van der Waals surface area (Å²) in [5.74, 6) is 0.456. The van der Waals surface area contributed by atoms with Crippen molar-refractivity contribution < 1.29 is 13.5 Å². The molecule has 0 aromatic carbocycles. The van der Waals surface area contributed by atoms with Gasteiger partial charge in [0.15, 0.2) is 0 Å². The van der Waals surface area contributed by atoms with Gasteiger partial charge in [-0.05, 0) is 105 Å². The molecule has 3 rings (SSSR count). The molecule has 0 saturated carbocycles. The van der Waals surface area contributed by atoms with Gasteiger partial charge < -0.3 is 15.0 Å². The van der Waals surface area contributed by atoms with Gasteiger partial charge in [0.25, 0.3) is 0 Å². The van der Waals surface area contributed by atoms with Crippen LogP contribution in [0.25, 0.3) is 0 Å². The Morgan fingerprint density at radius 1 is 1.25 bits per heavy atom. The van der Waals surface area contributed by atoms with Crippen LogP contribution in [0.3, 0.4) is 0 Å². The fourth-order valence-electron chi connectivity index (χ4n) is 4.85. The third-order valence-corrected chi connectivity index (χ3v) is 7.47. The second kappa shape index (κ2) is 10.2. The van der Waals surface area contributed by atoms with Gasteiger partial charge in [-0.25, -0.2) is 4.98 Å². The van der Waals surface area contributed by atoms with E-state index in [4.69, 9.17) is 10.5 Å². The summed E-state index contributed by atoms with van der Waals surface area (Å²) in [6.07, 6.45) is 7.98. The molecule has 2 N–H and O–H groups in total. The average Bonchev–Trinajstić information content (AvgIpc) is 2.69. The van der Waals surface area contributed by atoms with Gasteiger partial charge in [0.05, 0.1) is 12.3 Å². The molecule has 0 amide bonds. The summed E-state index contributed by atoms with van der Waals surface area (Å²) >= 11 is 1.07. The molecule has 0 aliphatic carbocycles. The van der Waals surface area contributed by atoms with Gasteiger partial charge in [0.1, 0.15) is 0 Å². The number of ether oxygens (including phenoxy) is 1. The Hall–Kier alpha value is -1.55. The van der Waals surface area contributed by atoms with Crippen molar-refractivity contribution in [1.29, 1.82) is 0 Å². The van der Waals surface area contributed by atoms with Crippen molar-refractivity contribution in [1.82, 2.24) is 14.9 Å². The molecule has 1 saturated heterocycles. The van der Waals surface area contributed by atoms with E-state index >= 15 is 0 Å². The van der Waals surface area contributed by atoms with E-state index in [0.717, 1.165) is 54.4 Å². The fraction of sp³-hybridized carbons (Fsp3) is 0.565. The zero-order valence-electron chi connectivity index (χ0n) is 19.2. The SMILES string of the molecule is Cc1ncc(S(=O)[O-])cc1CC1(C)CCCC(C)(C)N1CCCOc1ncc(Br)cc1N. The number of hydrogen-bond acceptors (Lipinski definition) is 7. The van der Waals surface area contributed by atoms with E-state index in [1.54, 1.807) is 18.3 Å². The van der Waals surface area contributed by atoms with Crippen molar-refractivity contribution in [2.24, 2.45) is 0 Å². The number of nitrogens with zero attached hydrogens (tertiary/aromatic N) is 3. The van der Waals surface area contributed by atoms with Gasteiger partial charge in [-0.1, -0.05) is 0 Å². The lowest BCUT2D eigenvalue weighted by Crippen LogP contribution is -2.61. The van der Waals surface area contributed by atoms with Gasteiger partial charge in [-0.3, -0.25) is 14.1 Å². The van der Waals surface area contributed by atoms with Crippen molar-refractivity contribution in [2.45, 2.75) is 75.8 Å². The minimum absolute atomic E-state index is 0.0299. The molecule has 2 aromatic rings. The molecule has 1 aliphatic heterocycles. The van der Waals surface area contributed by atoms with Crippen LogP contribution in [0.2, 0.25) is 0 Å². The van der Waals surface area contributed by atoms with Crippen LogP contribution in [0.4, 0.5) is 5.69 Å². The zero-order valence-corrected chi connectivity index (χ0v) is 21.6. The summed E-state index contributed by atoms with van der Waals surface area (Å²) in [7, 11) is 0. The maximum atomic E-state index is 11.5. The second-order valence-electron chi connectivity index (χ2n) is 9.39. The summed E-state index contributed by atoms with van der Waals surface area (Å²) < 4.78 is 29.6. The van der Waals surface area contributed by atoms with E-state index in [-0.39, 0.29) is 16.0 Å². The smallest absolute Gasteiger partial charge is 0.237 e. The Morgan fingerprint density at radius 2 is 2.00 bits per heavy atom. The molecular formula is C23H32BrN4O3S-.